The van der Waals surface area contributed by atoms with Gasteiger partial charge in [0.1, 0.15) is 11.6 Å². The Labute approximate surface area is 128 Å². The third-order valence-corrected chi connectivity index (χ3v) is 3.12. The second-order valence-corrected chi connectivity index (χ2v) is 5.40. The van der Waals surface area contributed by atoms with E-state index in [0.29, 0.717) is 16.6 Å². The van der Waals surface area contributed by atoms with Crippen LogP contribution in [0.15, 0.2) is 36.5 Å². The van der Waals surface area contributed by atoms with Crippen molar-refractivity contribution in [1.82, 2.24) is 9.78 Å². The lowest BCUT2D eigenvalue weighted by Crippen LogP contribution is -2.31. The summed E-state index contributed by atoms with van der Waals surface area (Å²) in [5.74, 6) is 0.969. The van der Waals surface area contributed by atoms with Gasteiger partial charge in [-0.05, 0) is 39.0 Å². The van der Waals surface area contributed by atoms with Gasteiger partial charge >= 0.3 is 0 Å². The Hall–Kier alpha value is -2.01. The van der Waals surface area contributed by atoms with Crippen molar-refractivity contribution in [2.24, 2.45) is 0 Å². The van der Waals surface area contributed by atoms with Crippen LogP contribution in [0.3, 0.4) is 0 Å². The van der Waals surface area contributed by atoms with Crippen molar-refractivity contribution >= 4 is 23.3 Å². The first-order chi connectivity index (χ1) is 9.97. The molecule has 2 aromatic rings. The molecule has 0 saturated heterocycles. The van der Waals surface area contributed by atoms with Crippen molar-refractivity contribution in [3.63, 3.8) is 0 Å². The minimum absolute atomic E-state index is 0.166. The summed E-state index contributed by atoms with van der Waals surface area (Å²) in [5.41, 5.74) is 0. The first kappa shape index (κ1) is 15.4. The summed E-state index contributed by atoms with van der Waals surface area (Å²) in [5, 5.41) is 7.54. The van der Waals surface area contributed by atoms with E-state index in [-0.39, 0.29) is 11.9 Å². The predicted octanol–water partition coefficient (Wildman–Crippen LogP) is 3.52. The highest BCUT2D eigenvalue weighted by Gasteiger charge is 2.17. The van der Waals surface area contributed by atoms with Crippen molar-refractivity contribution in [1.29, 1.82) is 0 Å². The van der Waals surface area contributed by atoms with Gasteiger partial charge in [0, 0.05) is 17.1 Å². The molecule has 2 rings (SSSR count). The highest BCUT2D eigenvalue weighted by Crippen LogP contribution is 2.19. The number of carbonyl (C=O) groups excluding carboxylic acids is 1. The minimum atomic E-state index is -0.640. The van der Waals surface area contributed by atoms with E-state index < -0.39 is 6.10 Å². The minimum Gasteiger partial charge on any atom is -0.481 e. The average Bonchev–Trinajstić information content (AvgIpc) is 2.87. The molecule has 21 heavy (non-hydrogen) atoms. The first-order valence-electron chi connectivity index (χ1n) is 6.74. The normalized spacial score (nSPS) is 12.2. The van der Waals surface area contributed by atoms with Gasteiger partial charge in [0.15, 0.2) is 6.10 Å². The van der Waals surface area contributed by atoms with E-state index in [2.05, 4.69) is 10.4 Å². The lowest BCUT2D eigenvalue weighted by Gasteiger charge is -2.16. The number of anilines is 1. The highest BCUT2D eigenvalue weighted by molar-refractivity contribution is 6.30. The largest absolute Gasteiger partial charge is 0.481 e. The van der Waals surface area contributed by atoms with Crippen LogP contribution < -0.4 is 10.1 Å². The summed E-state index contributed by atoms with van der Waals surface area (Å²) in [6.45, 7) is 5.68. The van der Waals surface area contributed by atoms with Crippen LogP contribution in [0.1, 0.15) is 26.8 Å². The number of carbonyl (C=O) groups is 1. The Bertz CT molecular complexity index is 625. The molecule has 0 aliphatic heterocycles. The third-order valence-electron chi connectivity index (χ3n) is 2.89. The maximum absolute atomic E-state index is 12.2. The van der Waals surface area contributed by atoms with Crippen LogP contribution >= 0.6 is 11.6 Å². The molecule has 1 heterocycles. The van der Waals surface area contributed by atoms with E-state index in [1.807, 2.05) is 13.8 Å². The van der Waals surface area contributed by atoms with Gasteiger partial charge in [-0.25, -0.2) is 4.68 Å². The van der Waals surface area contributed by atoms with Crippen molar-refractivity contribution in [2.75, 3.05) is 5.32 Å². The van der Waals surface area contributed by atoms with Gasteiger partial charge in [-0.2, -0.15) is 5.10 Å². The van der Waals surface area contributed by atoms with Gasteiger partial charge in [-0.1, -0.05) is 17.7 Å². The molecule has 0 bridgehead atoms. The molecule has 1 unspecified atom stereocenters. The van der Waals surface area contributed by atoms with Gasteiger partial charge in [0.05, 0.1) is 6.20 Å². The summed E-state index contributed by atoms with van der Waals surface area (Å²) in [7, 11) is 0. The van der Waals surface area contributed by atoms with Gasteiger partial charge in [0.25, 0.3) is 5.91 Å². The molecule has 1 amide bonds. The maximum atomic E-state index is 12.2. The molecular formula is C15H18ClN3O2. The van der Waals surface area contributed by atoms with Crippen molar-refractivity contribution < 1.29 is 9.53 Å². The number of halogens is 1. The molecule has 1 N–H and O–H groups in total. The molecule has 1 aromatic heterocycles. The van der Waals surface area contributed by atoms with Crippen LogP contribution in [0.4, 0.5) is 5.82 Å². The molecule has 0 spiro atoms. The van der Waals surface area contributed by atoms with Crippen LogP contribution in [0.25, 0.3) is 0 Å². The zero-order chi connectivity index (χ0) is 15.4. The van der Waals surface area contributed by atoms with Crippen LogP contribution in [-0.2, 0) is 4.79 Å². The zero-order valence-electron chi connectivity index (χ0n) is 12.2. The predicted molar refractivity (Wildman–Crippen MR) is 82.8 cm³/mol. The lowest BCUT2D eigenvalue weighted by atomic mass is 10.3. The van der Waals surface area contributed by atoms with Crippen LogP contribution in [0.5, 0.6) is 5.75 Å². The monoisotopic (exact) mass is 307 g/mol. The Kier molecular flexibility index (Phi) is 4.85. The molecule has 0 saturated carbocycles. The summed E-state index contributed by atoms with van der Waals surface area (Å²) >= 11 is 5.89. The van der Waals surface area contributed by atoms with Crippen molar-refractivity contribution in [3.8, 4) is 5.75 Å². The second kappa shape index (κ2) is 6.63. The number of rotatable bonds is 5. The van der Waals surface area contributed by atoms with Crippen molar-refractivity contribution in [3.05, 3.63) is 41.6 Å². The number of amides is 1. The zero-order valence-corrected chi connectivity index (χ0v) is 13.0. The second-order valence-electron chi connectivity index (χ2n) is 4.96. The van der Waals surface area contributed by atoms with Gasteiger partial charge in [-0.15, -0.1) is 0 Å². The topological polar surface area (TPSA) is 56.1 Å². The number of aromatic nitrogens is 2. The van der Waals surface area contributed by atoms with E-state index in [0.717, 1.165) is 0 Å². The molecule has 1 aromatic carbocycles. The van der Waals surface area contributed by atoms with E-state index >= 15 is 0 Å². The Balaban J connectivity index is 2.01. The van der Waals surface area contributed by atoms with E-state index in [1.165, 1.54) is 0 Å². The summed E-state index contributed by atoms with van der Waals surface area (Å²) < 4.78 is 7.32. The molecule has 0 radical (unpaired) electrons. The Morgan fingerprint density at radius 1 is 1.33 bits per heavy atom. The molecule has 0 aliphatic carbocycles. The fourth-order valence-electron chi connectivity index (χ4n) is 1.85. The molecule has 5 nitrogen and oxygen atoms in total. The smallest absolute Gasteiger partial charge is 0.266 e. The highest BCUT2D eigenvalue weighted by atomic mass is 35.5. The Morgan fingerprint density at radius 3 is 2.76 bits per heavy atom. The van der Waals surface area contributed by atoms with Crippen LogP contribution in [0, 0.1) is 0 Å². The van der Waals surface area contributed by atoms with Crippen LogP contribution in [0.2, 0.25) is 5.02 Å². The number of hydrogen-bond donors (Lipinski definition) is 1. The standard InChI is InChI=1S/C15H18ClN3O2/c1-10(2)19-14(7-8-17-19)18-15(20)11(3)21-13-6-4-5-12(16)9-13/h4-11H,1-3H3,(H,18,20). The summed E-state index contributed by atoms with van der Waals surface area (Å²) in [4.78, 5) is 12.2. The third kappa shape index (κ3) is 3.98. The molecule has 0 aliphatic rings. The summed E-state index contributed by atoms with van der Waals surface area (Å²) in [6, 6.07) is 8.87. The fourth-order valence-corrected chi connectivity index (χ4v) is 2.03. The quantitative estimate of drug-likeness (QED) is 0.919. The number of nitrogens with zero attached hydrogens (tertiary/aromatic N) is 2. The lowest BCUT2D eigenvalue weighted by molar-refractivity contribution is -0.122. The fraction of sp³-hybridized carbons (Fsp3) is 0.333. The molecular weight excluding hydrogens is 290 g/mol. The van der Waals surface area contributed by atoms with Crippen molar-refractivity contribution in [2.45, 2.75) is 32.9 Å². The number of ether oxygens (including phenoxy) is 1. The number of nitrogens with one attached hydrogen (secondary N) is 1. The molecule has 6 heteroatoms. The van der Waals surface area contributed by atoms with Gasteiger partial charge in [-0.3, -0.25) is 4.79 Å². The molecule has 0 fully saturated rings. The van der Waals surface area contributed by atoms with E-state index in [1.54, 1.807) is 48.1 Å². The number of benzene rings is 1. The van der Waals surface area contributed by atoms with E-state index in [9.17, 15) is 4.79 Å². The average molecular weight is 308 g/mol. The summed E-state index contributed by atoms with van der Waals surface area (Å²) in [6.07, 6.45) is 1.01. The number of hydrogen-bond acceptors (Lipinski definition) is 3. The first-order valence-corrected chi connectivity index (χ1v) is 7.12. The van der Waals surface area contributed by atoms with Gasteiger partial charge < -0.3 is 10.1 Å². The molecule has 1 atom stereocenters. The van der Waals surface area contributed by atoms with E-state index in [4.69, 9.17) is 16.3 Å². The van der Waals surface area contributed by atoms with Gasteiger partial charge in [0.2, 0.25) is 0 Å². The Morgan fingerprint density at radius 2 is 2.10 bits per heavy atom. The SMILES string of the molecule is CC(Oc1cccc(Cl)c1)C(=O)Nc1ccnn1C(C)C. The molecule has 112 valence electrons. The van der Waals surface area contributed by atoms with Crippen LogP contribution in [-0.4, -0.2) is 21.8 Å². The maximum Gasteiger partial charge on any atom is 0.266 e.